The Kier molecular flexibility index (Phi) is 8.96. The average Bonchev–Trinajstić information content (AvgIpc) is 2.94. The van der Waals surface area contributed by atoms with Crippen molar-refractivity contribution < 1.29 is 0 Å². The number of hydrogen-bond acceptors (Lipinski definition) is 4. The number of pyridine rings is 2. The number of fused-ring (bicyclic) bond motifs is 1. The van der Waals surface area contributed by atoms with Crippen LogP contribution in [0.25, 0.3) is 0 Å². The number of rotatable bonds is 11. The summed E-state index contributed by atoms with van der Waals surface area (Å²) in [5.74, 6) is 0. The Hall–Kier alpha value is -2.78. The van der Waals surface area contributed by atoms with Gasteiger partial charge in [-0.05, 0) is 12.1 Å². The molecule has 0 aliphatic heterocycles. The number of hydrogen-bond donors (Lipinski definition) is 1. The summed E-state index contributed by atoms with van der Waals surface area (Å²) < 4.78 is 1.54. The maximum absolute atomic E-state index is 4.86. The van der Waals surface area contributed by atoms with E-state index in [0.29, 0.717) is 6.04 Å². The molecule has 0 saturated heterocycles. The van der Waals surface area contributed by atoms with Crippen molar-refractivity contribution in [3.63, 3.8) is 0 Å². The molecule has 5 rings (SSSR count). The van der Waals surface area contributed by atoms with Gasteiger partial charge in [-0.15, -0.1) is 0 Å². The molecule has 0 bridgehead atoms. The van der Waals surface area contributed by atoms with Crippen LogP contribution < -0.4 is 9.67 Å². The van der Waals surface area contributed by atoms with Crippen LogP contribution in [0.5, 0.6) is 0 Å². The van der Waals surface area contributed by atoms with E-state index in [-0.39, 0.29) is 15.8 Å². The van der Waals surface area contributed by atoms with Crippen LogP contribution in [0.15, 0.2) is 97.3 Å². The first-order valence-electron chi connectivity index (χ1n) is 13.0. The monoisotopic (exact) mass is 538 g/mol. The fourth-order valence-electron chi connectivity index (χ4n) is 5.02. The molecule has 2 unspecified atom stereocenters. The van der Waals surface area contributed by atoms with E-state index in [9.17, 15) is 0 Å². The summed E-state index contributed by atoms with van der Waals surface area (Å²) in [5, 5.41) is 4.78. The van der Waals surface area contributed by atoms with Crippen molar-refractivity contribution >= 4 is 20.1 Å². The van der Waals surface area contributed by atoms with Crippen LogP contribution in [0.1, 0.15) is 47.0 Å². The Bertz CT molecular complexity index is 1200. The molecule has 0 fully saturated rings. The van der Waals surface area contributed by atoms with Gasteiger partial charge in [0.1, 0.15) is 0 Å². The van der Waals surface area contributed by atoms with E-state index in [0.717, 1.165) is 38.3 Å². The van der Waals surface area contributed by atoms with E-state index < -0.39 is 0 Å². The van der Waals surface area contributed by atoms with Crippen molar-refractivity contribution in [1.29, 1.82) is 0 Å². The number of nitrogens with one attached hydrogen (secondary N) is 1. The Labute approximate surface area is 221 Å². The SMILES string of the molecule is c1ccc([AsH]CCN(Cc2ccc(CNCc3ccccn3)cc2)C2CCCc3cccnc32)cc1. The van der Waals surface area contributed by atoms with Crippen molar-refractivity contribution in [2.45, 2.75) is 50.1 Å². The first-order chi connectivity index (χ1) is 17.8. The predicted molar refractivity (Wildman–Crippen MR) is 150 cm³/mol. The molecule has 1 N–H and O–H groups in total. The van der Waals surface area contributed by atoms with Gasteiger partial charge in [0.05, 0.1) is 0 Å². The molecule has 4 aromatic rings. The number of aromatic nitrogens is 2. The Morgan fingerprint density at radius 1 is 0.806 bits per heavy atom. The molecule has 0 saturated carbocycles. The molecule has 2 heterocycles. The van der Waals surface area contributed by atoms with Crippen LogP contribution >= 0.6 is 0 Å². The molecule has 4 nitrogen and oxygen atoms in total. The van der Waals surface area contributed by atoms with Gasteiger partial charge in [0.25, 0.3) is 0 Å². The summed E-state index contributed by atoms with van der Waals surface area (Å²) in [4.78, 5) is 11.9. The molecular weight excluding hydrogens is 503 g/mol. The zero-order valence-electron chi connectivity index (χ0n) is 20.8. The van der Waals surface area contributed by atoms with Crippen molar-refractivity contribution in [1.82, 2.24) is 20.2 Å². The second kappa shape index (κ2) is 13.0. The number of nitrogens with zero attached hydrogens (tertiary/aromatic N) is 3. The standard InChI is InChI=1S/C31H35AsN4/c1-2-10-28(11-3-1)32-18-21-36(30-13-6-8-27-9-7-20-35-31(27)30)24-26-16-14-25(15-17-26)22-33-23-29-12-4-5-19-34-29/h1-5,7,9-12,14-17,19-20,30,32-33H,6,8,13,18,21-24H2. The molecule has 2 atom stereocenters. The van der Waals surface area contributed by atoms with Crippen molar-refractivity contribution in [3.8, 4) is 0 Å². The first-order valence-corrected chi connectivity index (χ1v) is 15.5. The van der Waals surface area contributed by atoms with Gasteiger partial charge in [-0.1, -0.05) is 6.07 Å². The van der Waals surface area contributed by atoms with Gasteiger partial charge in [0, 0.05) is 6.20 Å². The van der Waals surface area contributed by atoms with Crippen LogP contribution in [0.2, 0.25) is 5.21 Å². The van der Waals surface area contributed by atoms with Crippen LogP contribution in [-0.2, 0) is 26.1 Å². The third kappa shape index (κ3) is 6.91. The van der Waals surface area contributed by atoms with Crippen LogP contribution in [0.3, 0.4) is 0 Å². The molecule has 1 aliphatic rings. The number of aryl methyl sites for hydroxylation is 1. The summed E-state index contributed by atoms with van der Waals surface area (Å²) in [6.07, 6.45) is 7.42. The quantitative estimate of drug-likeness (QED) is 0.278. The Morgan fingerprint density at radius 3 is 2.44 bits per heavy atom. The fourth-order valence-corrected chi connectivity index (χ4v) is 7.36. The van der Waals surface area contributed by atoms with Gasteiger partial charge in [-0.25, -0.2) is 0 Å². The summed E-state index contributed by atoms with van der Waals surface area (Å²) in [5.41, 5.74) is 6.50. The Morgan fingerprint density at radius 2 is 1.61 bits per heavy atom. The van der Waals surface area contributed by atoms with E-state index in [1.54, 1.807) is 4.35 Å². The summed E-state index contributed by atoms with van der Waals surface area (Å²) >= 11 is -0.130. The van der Waals surface area contributed by atoms with Crippen molar-refractivity contribution in [2.24, 2.45) is 0 Å². The third-order valence-electron chi connectivity index (χ3n) is 6.88. The zero-order chi connectivity index (χ0) is 24.4. The molecule has 0 spiro atoms. The van der Waals surface area contributed by atoms with E-state index in [2.05, 4.69) is 88.0 Å². The second-order valence-electron chi connectivity index (χ2n) is 9.46. The molecular formula is C31H35AsN4. The van der Waals surface area contributed by atoms with Gasteiger partial charge >= 0.3 is 193 Å². The van der Waals surface area contributed by atoms with Gasteiger partial charge in [0.15, 0.2) is 0 Å². The maximum atomic E-state index is 4.86. The minimum absolute atomic E-state index is 0.130. The average molecular weight is 539 g/mol. The molecule has 2 aromatic heterocycles. The molecule has 36 heavy (non-hydrogen) atoms. The summed E-state index contributed by atoms with van der Waals surface area (Å²) in [6, 6.07) is 31.0. The molecule has 0 amide bonds. The van der Waals surface area contributed by atoms with Crippen molar-refractivity contribution in [2.75, 3.05) is 6.54 Å². The Balaban J connectivity index is 1.24. The van der Waals surface area contributed by atoms with Gasteiger partial charge in [0.2, 0.25) is 0 Å². The second-order valence-corrected chi connectivity index (χ2v) is 12.5. The zero-order valence-corrected chi connectivity index (χ0v) is 22.9. The topological polar surface area (TPSA) is 41.0 Å². The number of benzene rings is 2. The molecule has 1 aliphatic carbocycles. The van der Waals surface area contributed by atoms with E-state index >= 15 is 0 Å². The third-order valence-corrected chi connectivity index (χ3v) is 9.43. The summed E-state index contributed by atoms with van der Waals surface area (Å²) in [6.45, 7) is 3.74. The van der Waals surface area contributed by atoms with Crippen LogP contribution in [0.4, 0.5) is 0 Å². The van der Waals surface area contributed by atoms with E-state index in [1.165, 1.54) is 40.4 Å². The normalized spacial score (nSPS) is 15.4. The molecule has 2 aromatic carbocycles. The van der Waals surface area contributed by atoms with E-state index in [4.69, 9.17) is 4.98 Å². The van der Waals surface area contributed by atoms with Crippen LogP contribution in [-0.4, -0.2) is 37.2 Å². The molecule has 0 radical (unpaired) electrons. The first kappa shape index (κ1) is 24.9. The van der Waals surface area contributed by atoms with Gasteiger partial charge in [-0.2, -0.15) is 0 Å². The molecule has 5 heteroatoms. The van der Waals surface area contributed by atoms with Gasteiger partial charge < -0.3 is 0 Å². The summed E-state index contributed by atoms with van der Waals surface area (Å²) in [7, 11) is 0. The van der Waals surface area contributed by atoms with Crippen LogP contribution in [0, 0.1) is 0 Å². The van der Waals surface area contributed by atoms with Gasteiger partial charge in [-0.3, -0.25) is 4.98 Å². The fraction of sp³-hybridized carbons (Fsp3) is 0.290. The van der Waals surface area contributed by atoms with Crippen molar-refractivity contribution in [3.05, 3.63) is 125 Å². The molecule has 184 valence electrons. The predicted octanol–water partition coefficient (Wildman–Crippen LogP) is 4.83. The minimum atomic E-state index is -0.130. The van der Waals surface area contributed by atoms with E-state index in [1.807, 2.05) is 24.5 Å².